The molecule has 1 nitrogen and oxygen atoms in total. The van der Waals surface area contributed by atoms with Crippen molar-refractivity contribution in [3.05, 3.63) is 78.4 Å². The van der Waals surface area contributed by atoms with Gasteiger partial charge in [-0.3, -0.25) is 0 Å². The molecule has 0 bridgehead atoms. The highest BCUT2D eigenvalue weighted by atomic mass is 31.1. The van der Waals surface area contributed by atoms with Crippen LogP contribution < -0.4 is 15.5 Å². The summed E-state index contributed by atoms with van der Waals surface area (Å²) in [6.07, 6.45) is 0. The number of benzene rings is 3. The molecule has 0 aliphatic carbocycles. The maximum atomic E-state index is 2.30. The number of rotatable bonds is 4. The van der Waals surface area contributed by atoms with E-state index in [0.29, 0.717) is 8.58 Å². The lowest BCUT2D eigenvalue weighted by Crippen LogP contribution is -2.21. The van der Waals surface area contributed by atoms with E-state index in [1.54, 1.807) is 0 Å². The van der Waals surface area contributed by atoms with Crippen LogP contribution in [0.15, 0.2) is 72.8 Å². The number of hydrogen-bond donors (Lipinski definition) is 0. The van der Waals surface area contributed by atoms with Crippen molar-refractivity contribution in [1.29, 1.82) is 0 Å². The highest BCUT2D eigenvalue weighted by Crippen LogP contribution is 2.32. The molecule has 134 valence electrons. The molecule has 0 heterocycles. The molecular formula is C24H28NP. The van der Waals surface area contributed by atoms with Gasteiger partial charge in [-0.15, -0.1) is 0 Å². The molecule has 26 heavy (non-hydrogen) atoms. The van der Waals surface area contributed by atoms with E-state index >= 15 is 0 Å². The van der Waals surface area contributed by atoms with E-state index < -0.39 is 0 Å². The summed E-state index contributed by atoms with van der Waals surface area (Å²) in [4.78, 5) is 2.19. The molecule has 0 fully saturated rings. The van der Waals surface area contributed by atoms with E-state index in [2.05, 4.69) is 113 Å². The molecule has 0 saturated heterocycles. The average molecular weight is 361 g/mol. The molecule has 0 N–H and O–H groups in total. The van der Waals surface area contributed by atoms with Crippen molar-refractivity contribution in [2.75, 3.05) is 19.0 Å². The van der Waals surface area contributed by atoms with Gasteiger partial charge >= 0.3 is 0 Å². The first kappa shape index (κ1) is 18.7. The van der Waals surface area contributed by atoms with Crippen LogP contribution >= 0.6 is 8.58 Å². The maximum absolute atomic E-state index is 2.30. The topological polar surface area (TPSA) is 3.24 Å². The molecular weight excluding hydrogens is 333 g/mol. The maximum Gasteiger partial charge on any atom is 0.0440 e. The van der Waals surface area contributed by atoms with Crippen molar-refractivity contribution in [2.24, 2.45) is 0 Å². The van der Waals surface area contributed by atoms with Gasteiger partial charge in [-0.2, -0.15) is 0 Å². The summed E-state index contributed by atoms with van der Waals surface area (Å²) in [7, 11) is 4.86. The molecule has 0 spiro atoms. The summed E-state index contributed by atoms with van der Waals surface area (Å²) in [6.45, 7) is 6.89. The second kappa shape index (κ2) is 7.64. The Kier molecular flexibility index (Phi) is 5.49. The Morgan fingerprint density at radius 2 is 1.19 bits per heavy atom. The summed E-state index contributed by atoms with van der Waals surface area (Å²) in [5.74, 6) is 0. The fraction of sp³-hybridized carbons (Fsp3) is 0.250. The zero-order valence-electron chi connectivity index (χ0n) is 16.4. The van der Waals surface area contributed by atoms with Crippen LogP contribution in [0.2, 0.25) is 0 Å². The summed E-state index contributed by atoms with van der Waals surface area (Å²) >= 11 is 0. The zero-order chi connectivity index (χ0) is 18.7. The molecule has 2 heteroatoms. The van der Waals surface area contributed by atoms with Crippen molar-refractivity contribution < 1.29 is 0 Å². The lowest BCUT2D eigenvalue weighted by molar-refractivity contribution is 0.594. The van der Waals surface area contributed by atoms with Gasteiger partial charge in [0.2, 0.25) is 0 Å². The minimum atomic E-state index is 0.153. The molecule has 3 rings (SSSR count). The molecule has 0 amide bonds. The SMILES string of the molecule is CN(C)c1ccccc1-c1ccccc1Pc1ccccc1C(C)(C)C. The molecule has 0 radical (unpaired) electrons. The molecule has 0 aromatic heterocycles. The quantitative estimate of drug-likeness (QED) is 0.567. The number of anilines is 1. The molecule has 0 aliphatic heterocycles. The third-order valence-corrected chi connectivity index (χ3v) is 6.02. The Hall–Kier alpha value is -2.11. The predicted octanol–water partition coefficient (Wildman–Crippen LogP) is 5.35. The number of nitrogens with zero attached hydrogens (tertiary/aromatic N) is 1. The number of hydrogen-bond acceptors (Lipinski definition) is 1. The van der Waals surface area contributed by atoms with Crippen LogP contribution in [0.5, 0.6) is 0 Å². The van der Waals surface area contributed by atoms with Crippen LogP contribution in [0.3, 0.4) is 0 Å². The minimum absolute atomic E-state index is 0.153. The van der Waals surface area contributed by atoms with Gasteiger partial charge < -0.3 is 4.90 Å². The zero-order valence-corrected chi connectivity index (χ0v) is 17.4. The second-order valence-corrected chi connectivity index (χ2v) is 9.21. The lowest BCUT2D eigenvalue weighted by Gasteiger charge is -2.24. The minimum Gasteiger partial charge on any atom is -0.377 e. The van der Waals surface area contributed by atoms with Crippen molar-refractivity contribution in [3.8, 4) is 11.1 Å². The van der Waals surface area contributed by atoms with Gasteiger partial charge in [0.1, 0.15) is 0 Å². The predicted molar refractivity (Wildman–Crippen MR) is 119 cm³/mol. The summed E-state index contributed by atoms with van der Waals surface area (Å²) in [5.41, 5.74) is 5.48. The molecule has 3 aromatic rings. The summed E-state index contributed by atoms with van der Waals surface area (Å²) in [6, 6.07) is 26.4. The van der Waals surface area contributed by atoms with Gasteiger partial charge in [0.15, 0.2) is 0 Å². The van der Waals surface area contributed by atoms with Crippen LogP contribution in [0.1, 0.15) is 26.3 Å². The van der Waals surface area contributed by atoms with Gasteiger partial charge in [-0.25, -0.2) is 0 Å². The van der Waals surface area contributed by atoms with E-state index in [4.69, 9.17) is 0 Å². The Morgan fingerprint density at radius 3 is 1.85 bits per heavy atom. The van der Waals surface area contributed by atoms with Gasteiger partial charge in [0.25, 0.3) is 0 Å². The molecule has 1 atom stereocenters. The van der Waals surface area contributed by atoms with Crippen LogP contribution in [0.25, 0.3) is 11.1 Å². The van der Waals surface area contributed by atoms with Crippen molar-refractivity contribution >= 4 is 24.9 Å². The van der Waals surface area contributed by atoms with Crippen molar-refractivity contribution in [3.63, 3.8) is 0 Å². The first-order valence-corrected chi connectivity index (χ1v) is 10.1. The Labute approximate surface area is 159 Å². The van der Waals surface area contributed by atoms with E-state index in [9.17, 15) is 0 Å². The standard InChI is InChI=1S/C24H28NP/c1-24(2,3)20-14-8-11-17-23(20)26-22-16-10-7-13-19(22)18-12-6-9-15-21(18)25(4)5/h6-17,26H,1-5H3. The van der Waals surface area contributed by atoms with Crippen LogP contribution in [-0.2, 0) is 5.41 Å². The summed E-state index contributed by atoms with van der Waals surface area (Å²) < 4.78 is 0. The second-order valence-electron chi connectivity index (χ2n) is 7.88. The molecule has 0 aliphatic rings. The van der Waals surface area contributed by atoms with Crippen LogP contribution in [0, 0.1) is 0 Å². The van der Waals surface area contributed by atoms with Gasteiger partial charge in [0, 0.05) is 25.3 Å². The fourth-order valence-electron chi connectivity index (χ4n) is 3.31. The third kappa shape index (κ3) is 4.00. The van der Waals surface area contributed by atoms with Gasteiger partial charge in [0.05, 0.1) is 0 Å². The van der Waals surface area contributed by atoms with Crippen LogP contribution in [0.4, 0.5) is 5.69 Å². The monoisotopic (exact) mass is 361 g/mol. The van der Waals surface area contributed by atoms with Gasteiger partial charge in [-0.05, 0) is 33.2 Å². The molecule has 1 unspecified atom stereocenters. The lowest BCUT2D eigenvalue weighted by atomic mass is 9.87. The van der Waals surface area contributed by atoms with Crippen molar-refractivity contribution in [1.82, 2.24) is 0 Å². The highest BCUT2D eigenvalue weighted by Gasteiger charge is 2.18. The smallest absolute Gasteiger partial charge is 0.0440 e. The Bertz CT molecular complexity index is 890. The normalized spacial score (nSPS) is 11.9. The molecule has 3 aromatic carbocycles. The first-order chi connectivity index (χ1) is 12.4. The molecule has 0 saturated carbocycles. The largest absolute Gasteiger partial charge is 0.377 e. The van der Waals surface area contributed by atoms with E-state index in [1.165, 1.54) is 33.0 Å². The first-order valence-electron chi connectivity index (χ1n) is 9.10. The summed E-state index contributed by atoms with van der Waals surface area (Å²) in [5, 5.41) is 2.84. The fourth-order valence-corrected chi connectivity index (χ4v) is 4.90. The van der Waals surface area contributed by atoms with E-state index in [-0.39, 0.29) is 5.41 Å². The van der Waals surface area contributed by atoms with E-state index in [0.717, 1.165) is 0 Å². The Morgan fingerprint density at radius 1 is 0.654 bits per heavy atom. The third-order valence-electron chi connectivity index (χ3n) is 4.61. The van der Waals surface area contributed by atoms with E-state index in [1.807, 2.05) is 0 Å². The highest BCUT2D eigenvalue weighted by molar-refractivity contribution is 7.56. The van der Waals surface area contributed by atoms with Gasteiger partial charge in [-0.1, -0.05) is 96.1 Å². The Balaban J connectivity index is 2.09. The van der Waals surface area contributed by atoms with Crippen LogP contribution in [-0.4, -0.2) is 14.1 Å². The number of para-hydroxylation sites is 1. The van der Waals surface area contributed by atoms with Crippen molar-refractivity contribution in [2.45, 2.75) is 26.2 Å². The average Bonchev–Trinajstić information content (AvgIpc) is 2.62.